The van der Waals surface area contributed by atoms with Crippen molar-refractivity contribution in [1.82, 2.24) is 5.43 Å². The molecule has 0 bridgehead atoms. The lowest BCUT2D eigenvalue weighted by Crippen LogP contribution is -2.20. The molecule has 0 saturated heterocycles. The van der Waals surface area contributed by atoms with Crippen LogP contribution in [-0.4, -0.2) is 12.1 Å². The van der Waals surface area contributed by atoms with Gasteiger partial charge in [-0.1, -0.05) is 54.1 Å². The summed E-state index contributed by atoms with van der Waals surface area (Å²) in [6.07, 6.45) is 2.51. The Kier molecular flexibility index (Phi) is 4.02. The van der Waals surface area contributed by atoms with E-state index in [4.69, 9.17) is 11.6 Å². The highest BCUT2D eigenvalue weighted by Crippen LogP contribution is 2.47. The molecule has 4 heteroatoms. The zero-order chi connectivity index (χ0) is 14.7. The molecule has 0 spiro atoms. The molecule has 2 aromatic rings. The zero-order valence-corrected chi connectivity index (χ0v) is 12.1. The van der Waals surface area contributed by atoms with Gasteiger partial charge >= 0.3 is 0 Å². The molecule has 0 heterocycles. The number of amides is 1. The van der Waals surface area contributed by atoms with Gasteiger partial charge in [0.05, 0.1) is 6.21 Å². The Morgan fingerprint density at radius 1 is 1.14 bits per heavy atom. The normalized spacial score (nSPS) is 20.4. The quantitative estimate of drug-likeness (QED) is 0.680. The number of nitrogens with one attached hydrogen (secondary N) is 1. The SMILES string of the molecule is O=C(N/N=C\c1ccc(Cl)cc1)[C@H]1C[C@@H]1c1ccccc1. The third-order valence-corrected chi connectivity index (χ3v) is 3.87. The molecule has 1 amide bonds. The van der Waals surface area contributed by atoms with Crippen molar-refractivity contribution in [3.63, 3.8) is 0 Å². The Labute approximate surface area is 128 Å². The van der Waals surface area contributed by atoms with Crippen LogP contribution in [0.3, 0.4) is 0 Å². The number of carbonyl (C=O) groups is 1. The maximum absolute atomic E-state index is 12.0. The Hall–Kier alpha value is -2.13. The van der Waals surface area contributed by atoms with Crippen LogP contribution < -0.4 is 5.43 Å². The van der Waals surface area contributed by atoms with Crippen LogP contribution in [-0.2, 0) is 4.79 Å². The highest BCUT2D eigenvalue weighted by Gasteiger charge is 2.43. The molecule has 1 saturated carbocycles. The van der Waals surface area contributed by atoms with Gasteiger partial charge in [-0.3, -0.25) is 4.79 Å². The van der Waals surface area contributed by atoms with Crippen molar-refractivity contribution in [1.29, 1.82) is 0 Å². The molecule has 3 rings (SSSR count). The Balaban J connectivity index is 1.53. The van der Waals surface area contributed by atoms with Crippen LogP contribution in [0.2, 0.25) is 5.02 Å². The van der Waals surface area contributed by atoms with Crippen LogP contribution in [0.25, 0.3) is 0 Å². The average Bonchev–Trinajstić information content (AvgIpc) is 3.31. The first kappa shape index (κ1) is 13.8. The maximum atomic E-state index is 12.0. The van der Waals surface area contributed by atoms with Crippen molar-refractivity contribution in [2.45, 2.75) is 12.3 Å². The summed E-state index contributed by atoms with van der Waals surface area (Å²) in [7, 11) is 0. The van der Waals surface area contributed by atoms with E-state index in [0.717, 1.165) is 12.0 Å². The third kappa shape index (κ3) is 3.50. The van der Waals surface area contributed by atoms with Crippen LogP contribution >= 0.6 is 11.6 Å². The number of halogens is 1. The zero-order valence-electron chi connectivity index (χ0n) is 11.4. The molecule has 106 valence electrons. The smallest absolute Gasteiger partial charge is 0.243 e. The van der Waals surface area contributed by atoms with Crippen LogP contribution in [0.15, 0.2) is 59.7 Å². The molecule has 21 heavy (non-hydrogen) atoms. The van der Waals surface area contributed by atoms with Crippen LogP contribution in [0, 0.1) is 5.92 Å². The van der Waals surface area contributed by atoms with E-state index in [1.807, 2.05) is 30.3 Å². The third-order valence-electron chi connectivity index (χ3n) is 3.61. The van der Waals surface area contributed by atoms with Crippen molar-refractivity contribution in [2.24, 2.45) is 11.0 Å². The number of hydrogen-bond acceptors (Lipinski definition) is 2. The minimum atomic E-state index is -0.0194. The molecule has 0 unspecified atom stereocenters. The van der Waals surface area contributed by atoms with Gasteiger partial charge in [-0.25, -0.2) is 5.43 Å². The van der Waals surface area contributed by atoms with Gasteiger partial charge in [0.25, 0.3) is 0 Å². The summed E-state index contributed by atoms with van der Waals surface area (Å²) in [5, 5.41) is 4.67. The van der Waals surface area contributed by atoms with E-state index >= 15 is 0 Å². The molecule has 1 N–H and O–H groups in total. The van der Waals surface area contributed by atoms with E-state index in [9.17, 15) is 4.79 Å². The van der Waals surface area contributed by atoms with E-state index in [1.54, 1.807) is 18.3 Å². The summed E-state index contributed by atoms with van der Waals surface area (Å²) in [4.78, 5) is 12.0. The first-order chi connectivity index (χ1) is 10.2. The van der Waals surface area contributed by atoms with Gasteiger partial charge in [-0.15, -0.1) is 0 Å². The van der Waals surface area contributed by atoms with Gasteiger partial charge in [0.15, 0.2) is 0 Å². The highest BCUT2D eigenvalue weighted by atomic mass is 35.5. The summed E-state index contributed by atoms with van der Waals surface area (Å²) in [5.74, 6) is 0.348. The molecule has 0 aromatic heterocycles. The fraction of sp³-hybridized carbons (Fsp3) is 0.176. The molecule has 1 fully saturated rings. The second-order valence-corrected chi connectivity index (χ2v) is 5.58. The largest absolute Gasteiger partial charge is 0.273 e. The average molecular weight is 299 g/mol. The summed E-state index contributed by atoms with van der Waals surface area (Å²) in [5.41, 5.74) is 4.72. The number of benzene rings is 2. The van der Waals surface area contributed by atoms with Crippen LogP contribution in [0.1, 0.15) is 23.5 Å². The van der Waals surface area contributed by atoms with Gasteiger partial charge in [0, 0.05) is 10.9 Å². The number of carbonyl (C=O) groups excluding carboxylic acids is 1. The summed E-state index contributed by atoms with van der Waals surface area (Å²) < 4.78 is 0. The molecular formula is C17H15ClN2O. The van der Waals surface area contributed by atoms with Gasteiger partial charge in [0.2, 0.25) is 5.91 Å². The first-order valence-electron chi connectivity index (χ1n) is 6.87. The van der Waals surface area contributed by atoms with E-state index in [1.165, 1.54) is 5.56 Å². The Morgan fingerprint density at radius 3 is 2.57 bits per heavy atom. The highest BCUT2D eigenvalue weighted by molar-refractivity contribution is 6.30. The number of hydrazone groups is 1. The van der Waals surface area contributed by atoms with Gasteiger partial charge in [-0.05, 0) is 35.6 Å². The van der Waals surface area contributed by atoms with Gasteiger partial charge < -0.3 is 0 Å². The number of rotatable bonds is 4. The molecular weight excluding hydrogens is 284 g/mol. The Bertz CT molecular complexity index is 652. The monoisotopic (exact) mass is 298 g/mol. The number of nitrogens with zero attached hydrogens (tertiary/aromatic N) is 1. The van der Waals surface area contributed by atoms with Gasteiger partial charge in [0.1, 0.15) is 0 Å². The predicted molar refractivity (Wildman–Crippen MR) is 84.5 cm³/mol. The summed E-state index contributed by atoms with van der Waals surface area (Å²) in [6.45, 7) is 0. The maximum Gasteiger partial charge on any atom is 0.243 e. The van der Waals surface area contributed by atoms with Crippen molar-refractivity contribution in [3.05, 3.63) is 70.7 Å². The van der Waals surface area contributed by atoms with Crippen molar-refractivity contribution >= 4 is 23.7 Å². The molecule has 2 aromatic carbocycles. The van der Waals surface area contributed by atoms with Gasteiger partial charge in [-0.2, -0.15) is 5.10 Å². The van der Waals surface area contributed by atoms with Crippen molar-refractivity contribution in [2.75, 3.05) is 0 Å². The van der Waals surface area contributed by atoms with E-state index < -0.39 is 0 Å². The standard InChI is InChI=1S/C17H15ClN2O/c18-14-8-6-12(7-9-14)11-19-20-17(21)16-10-15(16)13-4-2-1-3-5-13/h1-9,11,15-16H,10H2,(H,20,21)/b19-11-/t15-,16+/m1/s1. The van der Waals surface area contributed by atoms with E-state index in [2.05, 4.69) is 22.7 Å². The molecule has 2 atom stereocenters. The fourth-order valence-corrected chi connectivity index (χ4v) is 2.48. The lowest BCUT2D eigenvalue weighted by Gasteiger charge is -2.00. The second-order valence-electron chi connectivity index (χ2n) is 5.15. The molecule has 0 radical (unpaired) electrons. The topological polar surface area (TPSA) is 41.5 Å². The molecule has 0 aliphatic heterocycles. The predicted octanol–water partition coefficient (Wildman–Crippen LogP) is 3.59. The fourth-order valence-electron chi connectivity index (χ4n) is 2.36. The summed E-state index contributed by atoms with van der Waals surface area (Å²) in [6, 6.07) is 17.4. The molecule has 1 aliphatic carbocycles. The Morgan fingerprint density at radius 2 is 1.86 bits per heavy atom. The van der Waals surface area contributed by atoms with Crippen molar-refractivity contribution < 1.29 is 4.79 Å². The van der Waals surface area contributed by atoms with E-state index in [0.29, 0.717) is 10.9 Å². The first-order valence-corrected chi connectivity index (χ1v) is 7.25. The lowest BCUT2D eigenvalue weighted by molar-refractivity contribution is -0.122. The van der Waals surface area contributed by atoms with Crippen LogP contribution in [0.5, 0.6) is 0 Å². The molecule has 3 nitrogen and oxygen atoms in total. The van der Waals surface area contributed by atoms with E-state index in [-0.39, 0.29) is 11.8 Å². The minimum absolute atomic E-state index is 0.0194. The summed E-state index contributed by atoms with van der Waals surface area (Å²) >= 11 is 5.81. The molecule has 1 aliphatic rings. The number of hydrogen-bond donors (Lipinski definition) is 1. The second kappa shape index (κ2) is 6.10. The lowest BCUT2D eigenvalue weighted by atomic mass is 10.1. The minimum Gasteiger partial charge on any atom is -0.273 e. The van der Waals surface area contributed by atoms with Crippen molar-refractivity contribution in [3.8, 4) is 0 Å². The van der Waals surface area contributed by atoms with Crippen LogP contribution in [0.4, 0.5) is 0 Å².